The second-order valence-corrected chi connectivity index (χ2v) is 15.6. The van der Waals surface area contributed by atoms with Gasteiger partial charge in [0.2, 0.25) is 0 Å². The van der Waals surface area contributed by atoms with Gasteiger partial charge in [0.25, 0.3) is 0 Å². The molecule has 0 aliphatic heterocycles. The molecule has 3 aliphatic carbocycles. The van der Waals surface area contributed by atoms with E-state index >= 15 is 0 Å². The molecule has 54 heavy (non-hydrogen) atoms. The zero-order valence-corrected chi connectivity index (χ0v) is 31.4. The van der Waals surface area contributed by atoms with Crippen LogP contribution in [0.2, 0.25) is 0 Å². The number of hydrogen-bond donors (Lipinski definition) is 0. The van der Waals surface area contributed by atoms with E-state index in [4.69, 9.17) is 4.42 Å². The van der Waals surface area contributed by atoms with E-state index in [2.05, 4.69) is 196 Å². The molecule has 1 unspecified atom stereocenters. The Morgan fingerprint density at radius 2 is 1.39 bits per heavy atom. The van der Waals surface area contributed by atoms with Crippen molar-refractivity contribution in [2.75, 3.05) is 4.90 Å². The maximum atomic E-state index is 6.89. The van der Waals surface area contributed by atoms with E-state index < -0.39 is 5.41 Å². The third-order valence-corrected chi connectivity index (χ3v) is 12.4. The largest absolute Gasteiger partial charge is 0.455 e. The minimum Gasteiger partial charge on any atom is -0.455 e. The van der Waals surface area contributed by atoms with E-state index in [9.17, 15) is 0 Å². The molecule has 2 nitrogen and oxygen atoms in total. The van der Waals surface area contributed by atoms with Crippen LogP contribution in [0.15, 0.2) is 185 Å². The maximum absolute atomic E-state index is 6.89. The van der Waals surface area contributed by atoms with Crippen molar-refractivity contribution in [2.24, 2.45) is 0 Å². The summed E-state index contributed by atoms with van der Waals surface area (Å²) in [6.07, 6.45) is 10.9. The average molecular weight is 698 g/mol. The highest BCUT2D eigenvalue weighted by molar-refractivity contribution is 6.11. The van der Waals surface area contributed by atoms with Crippen LogP contribution in [0.25, 0.3) is 38.6 Å². The van der Waals surface area contributed by atoms with Crippen LogP contribution in [-0.4, -0.2) is 0 Å². The summed E-state index contributed by atoms with van der Waals surface area (Å²) in [5.74, 6) is 0. The number of fused-ring (bicyclic) bond motifs is 9. The van der Waals surface area contributed by atoms with Crippen LogP contribution in [0.3, 0.4) is 0 Å². The van der Waals surface area contributed by atoms with Gasteiger partial charge in [-0.3, -0.25) is 0 Å². The predicted molar refractivity (Wildman–Crippen MR) is 226 cm³/mol. The SMILES string of the molecule is C/C=C\C=C(/C)C1(c2ccccc2)C2=C(C=C(N(c3ccccc3)c3ccc4c(c3)C(C)(C)c3ccccc3-4)CC2)c2c1ccc1c2oc2ccccc21. The first-order valence-electron chi connectivity index (χ1n) is 19.3. The first-order chi connectivity index (χ1) is 26.4. The van der Waals surface area contributed by atoms with Crippen LogP contribution in [0.1, 0.15) is 68.4 Å². The smallest absolute Gasteiger partial charge is 0.143 e. The van der Waals surface area contributed by atoms with Crippen molar-refractivity contribution in [1.82, 2.24) is 0 Å². The summed E-state index contributed by atoms with van der Waals surface area (Å²) in [6.45, 7) is 9.14. The number of hydrogen-bond acceptors (Lipinski definition) is 2. The Labute approximate surface area is 318 Å². The molecule has 10 rings (SSSR count). The van der Waals surface area contributed by atoms with Crippen molar-refractivity contribution in [3.05, 3.63) is 208 Å². The highest BCUT2D eigenvalue weighted by Crippen LogP contribution is 2.60. The zero-order valence-electron chi connectivity index (χ0n) is 31.4. The molecule has 1 aromatic heterocycles. The molecule has 262 valence electrons. The van der Waals surface area contributed by atoms with E-state index in [1.165, 1.54) is 72.7 Å². The fraction of sp³-hybridized carbons (Fsp3) is 0.154. The summed E-state index contributed by atoms with van der Waals surface area (Å²) in [5, 5.41) is 2.32. The Morgan fingerprint density at radius 3 is 2.20 bits per heavy atom. The third kappa shape index (κ3) is 4.53. The van der Waals surface area contributed by atoms with E-state index in [1.54, 1.807) is 0 Å². The van der Waals surface area contributed by atoms with E-state index in [0.717, 1.165) is 34.8 Å². The van der Waals surface area contributed by atoms with E-state index in [0.29, 0.717) is 0 Å². The third-order valence-electron chi connectivity index (χ3n) is 12.4. The Bertz CT molecular complexity index is 2750. The minimum atomic E-state index is -0.429. The lowest BCUT2D eigenvalue weighted by Crippen LogP contribution is -2.31. The molecular weight excluding hydrogens is 655 g/mol. The molecular formula is C52H43NO. The molecule has 2 heteroatoms. The molecule has 7 aromatic rings. The predicted octanol–water partition coefficient (Wildman–Crippen LogP) is 14.0. The molecule has 0 amide bonds. The molecule has 1 heterocycles. The Balaban J connectivity index is 1.25. The number of para-hydroxylation sites is 2. The van der Waals surface area contributed by atoms with Crippen LogP contribution < -0.4 is 4.90 Å². The molecule has 0 radical (unpaired) electrons. The number of benzene rings is 6. The van der Waals surface area contributed by atoms with Crippen LogP contribution in [-0.2, 0) is 10.8 Å². The second kappa shape index (κ2) is 12.2. The summed E-state index contributed by atoms with van der Waals surface area (Å²) in [4.78, 5) is 2.51. The van der Waals surface area contributed by atoms with Crippen LogP contribution >= 0.6 is 0 Å². The van der Waals surface area contributed by atoms with Crippen molar-refractivity contribution in [3.8, 4) is 11.1 Å². The number of rotatable bonds is 6. The minimum absolute atomic E-state index is 0.0929. The van der Waals surface area contributed by atoms with Crippen molar-refractivity contribution in [3.63, 3.8) is 0 Å². The molecule has 0 N–H and O–H groups in total. The van der Waals surface area contributed by atoms with Gasteiger partial charge in [0.1, 0.15) is 11.2 Å². The first-order valence-corrected chi connectivity index (χ1v) is 19.3. The first kappa shape index (κ1) is 32.5. The van der Waals surface area contributed by atoms with Crippen molar-refractivity contribution in [1.29, 1.82) is 0 Å². The van der Waals surface area contributed by atoms with Gasteiger partial charge in [-0.15, -0.1) is 0 Å². The molecule has 0 saturated carbocycles. The van der Waals surface area contributed by atoms with Gasteiger partial charge < -0.3 is 9.32 Å². The fourth-order valence-electron chi connectivity index (χ4n) is 9.98. The summed E-state index contributed by atoms with van der Waals surface area (Å²) in [5.41, 5.74) is 18.3. The molecule has 0 spiro atoms. The topological polar surface area (TPSA) is 16.4 Å². The van der Waals surface area contributed by atoms with Gasteiger partial charge in [-0.2, -0.15) is 0 Å². The normalized spacial score (nSPS) is 18.5. The lowest BCUT2D eigenvalue weighted by molar-refractivity contribution is 0.658. The van der Waals surface area contributed by atoms with E-state index in [-0.39, 0.29) is 5.41 Å². The van der Waals surface area contributed by atoms with Gasteiger partial charge in [0, 0.05) is 38.8 Å². The number of allylic oxidation sites excluding steroid dienone is 8. The average Bonchev–Trinajstić information content (AvgIpc) is 3.82. The number of nitrogens with zero attached hydrogens (tertiary/aromatic N) is 1. The lowest BCUT2D eigenvalue weighted by atomic mass is 9.65. The molecule has 1 atom stereocenters. The standard InChI is InChI=1S/C52H43NO/c1-5-6-17-34(2)52(35-18-9-7-10-19-35)45-30-27-37(32-43(45)49-46(52)31-29-42-41-23-14-16-25-48(41)54-50(42)49)53(36-20-11-8-12-21-36)38-26-28-40-39-22-13-15-24-44(39)51(3,4)47(40)33-38/h5-26,28-29,31-33H,27,30H2,1-4H3/b6-5-,34-17+. The summed E-state index contributed by atoms with van der Waals surface area (Å²) < 4.78 is 6.89. The van der Waals surface area contributed by atoms with Gasteiger partial charge in [-0.25, -0.2) is 0 Å². The summed E-state index contributed by atoms with van der Waals surface area (Å²) in [7, 11) is 0. The fourth-order valence-corrected chi connectivity index (χ4v) is 9.98. The van der Waals surface area contributed by atoms with Crippen molar-refractivity contribution in [2.45, 2.75) is 51.4 Å². The van der Waals surface area contributed by atoms with Gasteiger partial charge in [-0.05, 0) is 108 Å². The number of furan rings is 1. The lowest BCUT2D eigenvalue weighted by Gasteiger charge is -2.38. The Kier molecular flexibility index (Phi) is 7.36. The van der Waals surface area contributed by atoms with Gasteiger partial charge >= 0.3 is 0 Å². The quantitative estimate of drug-likeness (QED) is 0.161. The van der Waals surface area contributed by atoms with Crippen LogP contribution in [0, 0.1) is 0 Å². The van der Waals surface area contributed by atoms with Crippen LogP contribution in [0.4, 0.5) is 11.4 Å². The molecule has 0 bridgehead atoms. The maximum Gasteiger partial charge on any atom is 0.143 e. The molecule has 6 aromatic carbocycles. The Morgan fingerprint density at radius 1 is 0.667 bits per heavy atom. The summed E-state index contributed by atoms with van der Waals surface area (Å²) >= 11 is 0. The highest BCUT2D eigenvalue weighted by atomic mass is 16.3. The van der Waals surface area contributed by atoms with Crippen molar-refractivity contribution < 1.29 is 4.42 Å². The Hall–Kier alpha value is -6.12. The number of anilines is 2. The zero-order chi connectivity index (χ0) is 36.6. The van der Waals surface area contributed by atoms with Gasteiger partial charge in [0.05, 0.1) is 5.41 Å². The monoisotopic (exact) mass is 697 g/mol. The van der Waals surface area contributed by atoms with Crippen molar-refractivity contribution >= 4 is 38.9 Å². The highest BCUT2D eigenvalue weighted by Gasteiger charge is 2.49. The molecule has 3 aliphatic rings. The van der Waals surface area contributed by atoms with Gasteiger partial charge in [-0.1, -0.05) is 147 Å². The summed E-state index contributed by atoms with van der Waals surface area (Å²) in [6, 6.07) is 51.2. The second-order valence-electron chi connectivity index (χ2n) is 15.6. The van der Waals surface area contributed by atoms with Crippen LogP contribution in [0.5, 0.6) is 0 Å². The molecule has 0 fully saturated rings. The molecule has 0 saturated heterocycles. The van der Waals surface area contributed by atoms with Gasteiger partial charge in [0.15, 0.2) is 0 Å². The van der Waals surface area contributed by atoms with E-state index in [1.807, 2.05) is 0 Å².